The number of carboxylic acids is 1. The fraction of sp³-hybridized carbons (Fsp3) is 0.833. The summed E-state index contributed by atoms with van der Waals surface area (Å²) in [5.74, 6) is -1.28. The van der Waals surface area contributed by atoms with Gasteiger partial charge in [-0.1, -0.05) is 20.8 Å². The van der Waals surface area contributed by atoms with Crippen LogP contribution in [0, 0.1) is 5.41 Å². The van der Waals surface area contributed by atoms with E-state index < -0.39 is 23.0 Å². The zero-order valence-electron chi connectivity index (χ0n) is 10.7. The lowest BCUT2D eigenvalue weighted by atomic mass is 9.75. The second-order valence-corrected chi connectivity index (χ2v) is 6.10. The van der Waals surface area contributed by atoms with Crippen LogP contribution >= 0.6 is 0 Å². The van der Waals surface area contributed by atoms with Crippen LogP contribution in [0.25, 0.3) is 0 Å². The first-order chi connectivity index (χ1) is 7.64. The normalized spacial score (nSPS) is 20.2. The molecule has 1 atom stereocenters. The lowest BCUT2D eigenvalue weighted by molar-refractivity contribution is -0.145. The number of rotatable bonds is 4. The van der Waals surface area contributed by atoms with E-state index >= 15 is 0 Å². The second kappa shape index (κ2) is 4.64. The predicted molar refractivity (Wildman–Crippen MR) is 64.4 cm³/mol. The van der Waals surface area contributed by atoms with Crippen molar-refractivity contribution < 1.29 is 14.7 Å². The summed E-state index contributed by atoms with van der Waals surface area (Å²) in [4.78, 5) is 22.8. The quantitative estimate of drug-likeness (QED) is 0.682. The molecular weight excluding hydrogens is 220 g/mol. The van der Waals surface area contributed by atoms with Crippen LogP contribution in [0.5, 0.6) is 0 Å². The summed E-state index contributed by atoms with van der Waals surface area (Å²) in [7, 11) is 0. The highest BCUT2D eigenvalue weighted by Crippen LogP contribution is 2.32. The van der Waals surface area contributed by atoms with Crippen LogP contribution in [0.3, 0.4) is 0 Å². The van der Waals surface area contributed by atoms with Gasteiger partial charge in [-0.3, -0.25) is 4.79 Å². The van der Waals surface area contributed by atoms with Gasteiger partial charge in [0.1, 0.15) is 6.04 Å². The largest absolute Gasteiger partial charge is 0.480 e. The standard InChI is InChI=1S/C12H22N2O3/c1-11(2,3)9(10(16)17)14-8(15)7-12(13)5-4-6-12/h9H,4-7,13H2,1-3H3,(H,14,15)(H,16,17)/t9-/m1/s1. The molecule has 1 aliphatic rings. The van der Waals surface area contributed by atoms with Gasteiger partial charge in [0, 0.05) is 12.0 Å². The average molecular weight is 242 g/mol. The van der Waals surface area contributed by atoms with E-state index in [-0.39, 0.29) is 12.3 Å². The van der Waals surface area contributed by atoms with Crippen molar-refractivity contribution in [3.63, 3.8) is 0 Å². The maximum atomic E-state index is 11.8. The van der Waals surface area contributed by atoms with E-state index in [1.165, 1.54) is 0 Å². The van der Waals surface area contributed by atoms with Crippen LogP contribution in [-0.2, 0) is 9.59 Å². The molecule has 0 heterocycles. The molecule has 0 aromatic carbocycles. The molecule has 5 heteroatoms. The molecule has 1 saturated carbocycles. The van der Waals surface area contributed by atoms with Crippen molar-refractivity contribution in [1.82, 2.24) is 5.32 Å². The minimum atomic E-state index is -1.01. The highest BCUT2D eigenvalue weighted by Gasteiger charge is 2.37. The predicted octanol–water partition coefficient (Wildman–Crippen LogP) is 0.873. The monoisotopic (exact) mass is 242 g/mol. The van der Waals surface area contributed by atoms with Crippen molar-refractivity contribution in [1.29, 1.82) is 0 Å². The summed E-state index contributed by atoms with van der Waals surface area (Å²) in [5, 5.41) is 11.6. The van der Waals surface area contributed by atoms with Crippen LogP contribution < -0.4 is 11.1 Å². The Kier molecular flexibility index (Phi) is 3.81. The third-order valence-electron chi connectivity index (χ3n) is 3.28. The van der Waals surface area contributed by atoms with Crippen molar-refractivity contribution in [2.75, 3.05) is 0 Å². The number of amides is 1. The molecule has 98 valence electrons. The summed E-state index contributed by atoms with van der Waals surface area (Å²) >= 11 is 0. The molecule has 1 fully saturated rings. The third kappa shape index (κ3) is 3.70. The summed E-state index contributed by atoms with van der Waals surface area (Å²) in [6.45, 7) is 5.36. The van der Waals surface area contributed by atoms with E-state index in [2.05, 4.69) is 5.32 Å². The molecule has 5 nitrogen and oxygen atoms in total. The molecular formula is C12H22N2O3. The summed E-state index contributed by atoms with van der Waals surface area (Å²) in [5.41, 5.74) is 5.03. The Labute approximate surface area is 102 Å². The molecule has 0 saturated heterocycles. The van der Waals surface area contributed by atoms with E-state index in [1.54, 1.807) is 20.8 Å². The Balaban J connectivity index is 2.56. The summed E-state index contributed by atoms with van der Waals surface area (Å²) in [6.07, 6.45) is 2.94. The van der Waals surface area contributed by atoms with Crippen molar-refractivity contribution in [3.8, 4) is 0 Å². The van der Waals surface area contributed by atoms with Gasteiger partial charge in [0.05, 0.1) is 0 Å². The molecule has 0 bridgehead atoms. The molecule has 0 aromatic heterocycles. The molecule has 1 rings (SSSR count). The fourth-order valence-corrected chi connectivity index (χ4v) is 1.99. The second-order valence-electron chi connectivity index (χ2n) is 6.10. The average Bonchev–Trinajstić information content (AvgIpc) is 2.09. The Morgan fingerprint density at radius 3 is 2.24 bits per heavy atom. The Morgan fingerprint density at radius 1 is 1.41 bits per heavy atom. The summed E-state index contributed by atoms with van der Waals surface area (Å²) < 4.78 is 0. The molecule has 1 aliphatic carbocycles. The molecule has 0 radical (unpaired) electrons. The van der Waals surface area contributed by atoms with E-state index in [4.69, 9.17) is 10.8 Å². The van der Waals surface area contributed by atoms with Crippen molar-refractivity contribution >= 4 is 11.9 Å². The Bertz CT molecular complexity index is 316. The van der Waals surface area contributed by atoms with Gasteiger partial charge in [0.15, 0.2) is 0 Å². The minimum absolute atomic E-state index is 0.215. The number of carboxylic acid groups (broad SMARTS) is 1. The van der Waals surface area contributed by atoms with Crippen molar-refractivity contribution in [2.45, 2.75) is 58.0 Å². The number of carbonyl (C=O) groups is 2. The van der Waals surface area contributed by atoms with Gasteiger partial charge in [-0.2, -0.15) is 0 Å². The molecule has 0 aromatic rings. The molecule has 0 aliphatic heterocycles. The zero-order valence-corrected chi connectivity index (χ0v) is 10.7. The number of aliphatic carboxylic acids is 1. The van der Waals surface area contributed by atoms with Gasteiger partial charge in [0.2, 0.25) is 5.91 Å². The third-order valence-corrected chi connectivity index (χ3v) is 3.28. The number of hydrogen-bond acceptors (Lipinski definition) is 3. The molecule has 1 amide bonds. The number of nitrogens with two attached hydrogens (primary N) is 1. The van der Waals surface area contributed by atoms with Crippen LogP contribution in [0.15, 0.2) is 0 Å². The van der Waals surface area contributed by atoms with Gasteiger partial charge in [0.25, 0.3) is 0 Å². The van der Waals surface area contributed by atoms with Crippen molar-refractivity contribution in [2.24, 2.45) is 11.1 Å². The minimum Gasteiger partial charge on any atom is -0.480 e. The molecule has 4 N–H and O–H groups in total. The SMILES string of the molecule is CC(C)(C)[C@H](NC(=O)CC1(N)CCC1)C(=O)O. The van der Waals surface area contributed by atoms with Crippen LogP contribution in [0.1, 0.15) is 46.5 Å². The van der Waals surface area contributed by atoms with Crippen LogP contribution in [-0.4, -0.2) is 28.6 Å². The molecule has 0 spiro atoms. The Morgan fingerprint density at radius 2 is 1.94 bits per heavy atom. The highest BCUT2D eigenvalue weighted by molar-refractivity contribution is 5.84. The van der Waals surface area contributed by atoms with Crippen LogP contribution in [0.4, 0.5) is 0 Å². The molecule has 17 heavy (non-hydrogen) atoms. The lowest BCUT2D eigenvalue weighted by Gasteiger charge is -2.38. The van der Waals surface area contributed by atoms with E-state index in [0.29, 0.717) is 0 Å². The molecule has 0 unspecified atom stereocenters. The highest BCUT2D eigenvalue weighted by atomic mass is 16.4. The van der Waals surface area contributed by atoms with Gasteiger partial charge < -0.3 is 16.2 Å². The zero-order chi connectivity index (χ0) is 13.3. The summed E-state index contributed by atoms with van der Waals surface area (Å²) in [6, 6.07) is -0.876. The van der Waals surface area contributed by atoms with Crippen LogP contribution in [0.2, 0.25) is 0 Å². The first-order valence-electron chi connectivity index (χ1n) is 5.95. The number of nitrogens with one attached hydrogen (secondary N) is 1. The fourth-order valence-electron chi connectivity index (χ4n) is 1.99. The maximum absolute atomic E-state index is 11.8. The van der Waals surface area contributed by atoms with E-state index in [0.717, 1.165) is 19.3 Å². The maximum Gasteiger partial charge on any atom is 0.326 e. The smallest absolute Gasteiger partial charge is 0.326 e. The van der Waals surface area contributed by atoms with Crippen molar-refractivity contribution in [3.05, 3.63) is 0 Å². The van der Waals surface area contributed by atoms with E-state index in [1.807, 2.05) is 0 Å². The van der Waals surface area contributed by atoms with Gasteiger partial charge >= 0.3 is 5.97 Å². The van der Waals surface area contributed by atoms with Gasteiger partial charge in [-0.15, -0.1) is 0 Å². The number of hydrogen-bond donors (Lipinski definition) is 3. The Hall–Kier alpha value is -1.10. The van der Waals surface area contributed by atoms with Gasteiger partial charge in [-0.05, 0) is 24.7 Å². The number of carbonyl (C=O) groups excluding carboxylic acids is 1. The van der Waals surface area contributed by atoms with E-state index in [9.17, 15) is 9.59 Å². The first-order valence-corrected chi connectivity index (χ1v) is 5.95. The lowest BCUT2D eigenvalue weighted by Crippen LogP contribution is -2.54. The van der Waals surface area contributed by atoms with Gasteiger partial charge in [-0.25, -0.2) is 4.79 Å². The first kappa shape index (κ1) is 14.0. The topological polar surface area (TPSA) is 92.4 Å².